The van der Waals surface area contributed by atoms with Crippen LogP contribution in [0.3, 0.4) is 0 Å². The van der Waals surface area contributed by atoms with Crippen molar-refractivity contribution in [3.63, 3.8) is 0 Å². The number of cyclic esters (lactones) is 1. The van der Waals surface area contributed by atoms with Crippen molar-refractivity contribution in [2.45, 2.75) is 24.4 Å². The third-order valence-electron chi connectivity index (χ3n) is 1.96. The lowest BCUT2D eigenvalue weighted by molar-refractivity contribution is -0.158. The van der Waals surface area contributed by atoms with Crippen molar-refractivity contribution in [1.29, 1.82) is 0 Å². The van der Waals surface area contributed by atoms with Crippen molar-refractivity contribution < 1.29 is 43.7 Å². The summed E-state index contributed by atoms with van der Waals surface area (Å²) in [7, 11) is -4.90. The van der Waals surface area contributed by atoms with E-state index in [2.05, 4.69) is 9.26 Å². The van der Waals surface area contributed by atoms with Gasteiger partial charge in [-0.25, -0.2) is 9.36 Å². The maximum absolute atomic E-state index is 10.9. The molecule has 1 heterocycles. The van der Waals surface area contributed by atoms with Crippen molar-refractivity contribution in [2.75, 3.05) is 6.61 Å². The molecule has 1 rings (SSSR count). The number of phosphoric ester groups is 1. The number of esters is 1. The van der Waals surface area contributed by atoms with E-state index >= 15 is 0 Å². The van der Waals surface area contributed by atoms with Gasteiger partial charge in [0.2, 0.25) is 0 Å². The number of hydrogen-bond acceptors (Lipinski definition) is 7. The summed E-state index contributed by atoms with van der Waals surface area (Å²) in [6, 6.07) is 0. The number of aliphatic hydroxyl groups excluding tert-OH is 3. The molecule has 0 aromatic heterocycles. The molecule has 0 amide bonds. The number of hydrogen-bond donors (Lipinski definition) is 5. The zero-order valence-corrected chi connectivity index (χ0v) is 8.73. The molecule has 0 aliphatic carbocycles. The maximum Gasteiger partial charge on any atom is 0.470 e. The Labute approximate surface area is 89.5 Å². The monoisotopic (exact) mass is 258 g/mol. The van der Waals surface area contributed by atoms with Crippen molar-refractivity contribution in [3.05, 3.63) is 0 Å². The zero-order chi connectivity index (χ0) is 12.5. The van der Waals surface area contributed by atoms with Crippen LogP contribution in [0.15, 0.2) is 0 Å². The molecular formula is C6H11O9P. The number of carbonyl (C=O) groups is 1. The summed E-state index contributed by atoms with van der Waals surface area (Å²) in [5.41, 5.74) is 0. The first-order valence-corrected chi connectivity index (χ1v) is 5.70. The molecule has 0 unspecified atom stereocenters. The predicted octanol–water partition coefficient (Wildman–Crippen LogP) is -2.90. The number of carbonyl (C=O) groups excluding carboxylic acids is 1. The Morgan fingerprint density at radius 2 is 1.81 bits per heavy atom. The van der Waals surface area contributed by atoms with Gasteiger partial charge in [0, 0.05) is 0 Å². The van der Waals surface area contributed by atoms with Gasteiger partial charge in [0.05, 0.1) is 0 Å². The molecule has 1 aliphatic heterocycles. The van der Waals surface area contributed by atoms with Crippen molar-refractivity contribution >= 4 is 13.8 Å². The smallest absolute Gasteiger partial charge is 0.461 e. The number of rotatable bonds is 2. The largest absolute Gasteiger partial charge is 0.470 e. The molecule has 0 spiro atoms. The highest BCUT2D eigenvalue weighted by Crippen LogP contribution is 2.39. The molecule has 10 heteroatoms. The normalized spacial score (nSPS) is 36.7. The predicted molar refractivity (Wildman–Crippen MR) is 45.9 cm³/mol. The van der Waals surface area contributed by atoms with Crippen LogP contribution in [0.2, 0.25) is 0 Å². The summed E-state index contributed by atoms with van der Waals surface area (Å²) < 4.78 is 18.9. The Kier molecular flexibility index (Phi) is 4.02. The fourth-order valence-corrected chi connectivity index (χ4v) is 1.70. The summed E-state index contributed by atoms with van der Waals surface area (Å²) in [5, 5.41) is 27.7. The fourth-order valence-electron chi connectivity index (χ4n) is 1.16. The number of ether oxygens (including phenoxy) is 1. The molecule has 0 aromatic carbocycles. The second-order valence-electron chi connectivity index (χ2n) is 3.19. The summed E-state index contributed by atoms with van der Waals surface area (Å²) in [5.74, 6) is -1.21. The molecule has 9 nitrogen and oxygen atoms in total. The average Bonchev–Trinajstić information content (AvgIpc) is 2.24. The molecule has 16 heavy (non-hydrogen) atoms. The SMILES string of the molecule is O=C1OC[C@@H](OP(=O)(O)O)[C@@H](O)[C@H](O)[C@H]1O. The highest BCUT2D eigenvalue weighted by atomic mass is 31.2. The van der Waals surface area contributed by atoms with Gasteiger partial charge in [-0.2, -0.15) is 0 Å². The minimum Gasteiger partial charge on any atom is -0.461 e. The molecule has 4 atom stereocenters. The molecular weight excluding hydrogens is 247 g/mol. The first-order valence-electron chi connectivity index (χ1n) is 4.17. The van der Waals surface area contributed by atoms with E-state index in [-0.39, 0.29) is 0 Å². The van der Waals surface area contributed by atoms with Crippen molar-refractivity contribution in [1.82, 2.24) is 0 Å². The zero-order valence-electron chi connectivity index (χ0n) is 7.83. The van der Waals surface area contributed by atoms with Crippen LogP contribution in [0.4, 0.5) is 0 Å². The first kappa shape index (κ1) is 13.5. The van der Waals surface area contributed by atoms with E-state index < -0.39 is 44.8 Å². The van der Waals surface area contributed by atoms with Gasteiger partial charge in [-0.05, 0) is 0 Å². The van der Waals surface area contributed by atoms with Crippen LogP contribution in [-0.4, -0.2) is 62.1 Å². The Morgan fingerprint density at radius 1 is 1.25 bits per heavy atom. The second kappa shape index (κ2) is 4.76. The highest BCUT2D eigenvalue weighted by Gasteiger charge is 2.42. The van der Waals surface area contributed by atoms with E-state index in [0.717, 1.165) is 0 Å². The first-order chi connectivity index (χ1) is 7.22. The minimum absolute atomic E-state index is 0.681. The van der Waals surface area contributed by atoms with Crippen LogP contribution >= 0.6 is 7.82 Å². The maximum atomic E-state index is 10.9. The number of phosphoric acid groups is 1. The van der Waals surface area contributed by atoms with Gasteiger partial charge < -0.3 is 29.8 Å². The van der Waals surface area contributed by atoms with E-state index in [4.69, 9.17) is 14.9 Å². The van der Waals surface area contributed by atoms with Gasteiger partial charge in [-0.3, -0.25) is 4.52 Å². The molecule has 0 aromatic rings. The second-order valence-corrected chi connectivity index (χ2v) is 4.38. The quantitative estimate of drug-likeness (QED) is 0.259. The van der Waals surface area contributed by atoms with Gasteiger partial charge in [0.15, 0.2) is 6.10 Å². The molecule has 0 radical (unpaired) electrons. The lowest BCUT2D eigenvalue weighted by Gasteiger charge is -2.23. The summed E-state index contributed by atoms with van der Waals surface area (Å²) in [4.78, 5) is 27.9. The van der Waals surface area contributed by atoms with E-state index in [1.807, 2.05) is 0 Å². The van der Waals surface area contributed by atoms with E-state index in [1.165, 1.54) is 0 Å². The van der Waals surface area contributed by atoms with E-state index in [1.54, 1.807) is 0 Å². The molecule has 1 fully saturated rings. The third kappa shape index (κ3) is 3.22. The van der Waals surface area contributed by atoms with Crippen LogP contribution in [0.5, 0.6) is 0 Å². The summed E-state index contributed by atoms with van der Waals surface area (Å²) in [6.07, 6.45) is -7.39. The molecule has 94 valence electrons. The Bertz CT molecular complexity index is 311. The minimum atomic E-state index is -4.90. The fraction of sp³-hybridized carbons (Fsp3) is 0.833. The lowest BCUT2D eigenvalue weighted by atomic mass is 10.1. The van der Waals surface area contributed by atoms with Crippen molar-refractivity contribution in [2.24, 2.45) is 0 Å². The molecule has 0 bridgehead atoms. The molecule has 1 saturated heterocycles. The van der Waals surface area contributed by atoms with Gasteiger partial charge in [0.25, 0.3) is 0 Å². The van der Waals surface area contributed by atoms with Gasteiger partial charge in [0.1, 0.15) is 24.9 Å². The van der Waals surface area contributed by atoms with Crippen LogP contribution in [0, 0.1) is 0 Å². The van der Waals surface area contributed by atoms with Crippen molar-refractivity contribution in [3.8, 4) is 0 Å². The molecule has 1 aliphatic rings. The van der Waals surface area contributed by atoms with Crippen LogP contribution < -0.4 is 0 Å². The molecule has 0 saturated carbocycles. The number of aliphatic hydroxyl groups is 3. The Morgan fingerprint density at radius 3 is 2.31 bits per heavy atom. The third-order valence-corrected chi connectivity index (χ3v) is 2.50. The van der Waals surface area contributed by atoms with E-state index in [0.29, 0.717) is 0 Å². The van der Waals surface area contributed by atoms with Crippen LogP contribution in [0.1, 0.15) is 0 Å². The van der Waals surface area contributed by atoms with Gasteiger partial charge in [-0.1, -0.05) is 0 Å². The lowest BCUT2D eigenvalue weighted by Crippen LogP contribution is -2.45. The molecule has 5 N–H and O–H groups in total. The summed E-state index contributed by atoms with van der Waals surface area (Å²) in [6.45, 7) is -0.681. The van der Waals surface area contributed by atoms with Crippen LogP contribution in [0.25, 0.3) is 0 Å². The highest BCUT2D eigenvalue weighted by molar-refractivity contribution is 7.46. The standard InChI is InChI=1S/C6H11O9P/c7-3-2(15-16(11,12)13)1-14-6(10)5(9)4(3)8/h2-5,7-9H,1H2,(H2,11,12,13)/t2-,3-,4+,5-/m1/s1. The van der Waals surface area contributed by atoms with E-state index in [9.17, 15) is 19.6 Å². The Hall–Kier alpha value is -0.540. The Balaban J connectivity index is 2.80. The summed E-state index contributed by atoms with van der Waals surface area (Å²) >= 11 is 0. The van der Waals surface area contributed by atoms with Gasteiger partial charge in [-0.15, -0.1) is 0 Å². The average molecular weight is 258 g/mol. The van der Waals surface area contributed by atoms with Crippen LogP contribution in [-0.2, 0) is 18.6 Å². The van der Waals surface area contributed by atoms with Gasteiger partial charge >= 0.3 is 13.8 Å². The topological polar surface area (TPSA) is 154 Å².